The predicted octanol–water partition coefficient (Wildman–Crippen LogP) is 3.03. The van der Waals surface area contributed by atoms with E-state index in [0.29, 0.717) is 11.3 Å². The molecule has 0 atom stereocenters. The van der Waals surface area contributed by atoms with Gasteiger partial charge < -0.3 is 5.73 Å². The summed E-state index contributed by atoms with van der Waals surface area (Å²) >= 11 is 2.17. The number of hydrazone groups is 1. The number of nitrogens with zero attached hydrogens (tertiary/aromatic N) is 1. The molecule has 0 spiro atoms. The third kappa shape index (κ3) is 3.80. The summed E-state index contributed by atoms with van der Waals surface area (Å²) in [6.07, 6.45) is 0. The summed E-state index contributed by atoms with van der Waals surface area (Å²) in [5, 5.41) is 4.10. The van der Waals surface area contributed by atoms with Crippen LogP contribution in [-0.4, -0.2) is 11.6 Å². The summed E-state index contributed by atoms with van der Waals surface area (Å²) < 4.78 is 1.01. The Kier molecular flexibility index (Phi) is 4.73. The minimum atomic E-state index is -0.224. The first-order valence-electron chi connectivity index (χ1n) is 6.02. The Labute approximate surface area is 131 Å². The quantitative estimate of drug-likeness (QED) is 0.373. The molecule has 0 aliphatic carbocycles. The van der Waals surface area contributed by atoms with E-state index in [1.807, 2.05) is 37.3 Å². The van der Waals surface area contributed by atoms with E-state index in [-0.39, 0.29) is 5.91 Å². The largest absolute Gasteiger partial charge is 0.399 e. The van der Waals surface area contributed by atoms with Gasteiger partial charge in [-0.25, -0.2) is 5.43 Å². The van der Waals surface area contributed by atoms with Crippen molar-refractivity contribution in [2.24, 2.45) is 5.10 Å². The number of nitrogens with one attached hydrogen (secondary N) is 1. The molecule has 0 radical (unpaired) electrons. The van der Waals surface area contributed by atoms with Crippen LogP contribution in [0, 0.1) is 3.57 Å². The fourth-order valence-electron chi connectivity index (χ4n) is 1.62. The van der Waals surface area contributed by atoms with E-state index in [1.165, 1.54) is 0 Å². The van der Waals surface area contributed by atoms with Gasteiger partial charge in [0.25, 0.3) is 5.91 Å². The third-order valence-corrected chi connectivity index (χ3v) is 3.41. The van der Waals surface area contributed by atoms with Crippen molar-refractivity contribution in [2.45, 2.75) is 6.92 Å². The molecule has 0 aromatic heterocycles. The number of nitrogens with two attached hydrogens (primary N) is 1. The summed E-state index contributed by atoms with van der Waals surface area (Å²) in [7, 11) is 0. The van der Waals surface area contributed by atoms with Gasteiger partial charge in [0.1, 0.15) is 0 Å². The number of carbonyl (C=O) groups excluding carboxylic acids is 1. The SMILES string of the molecule is C/C(=N\NC(=O)c1cccc(I)c1)c1ccc(N)cc1. The maximum absolute atomic E-state index is 11.9. The Bertz CT molecular complexity index is 650. The number of carbonyl (C=O) groups is 1. The molecule has 3 N–H and O–H groups in total. The topological polar surface area (TPSA) is 67.5 Å². The molecule has 0 saturated carbocycles. The zero-order valence-corrected chi connectivity index (χ0v) is 13.1. The van der Waals surface area contributed by atoms with Crippen molar-refractivity contribution in [2.75, 3.05) is 5.73 Å². The van der Waals surface area contributed by atoms with E-state index in [2.05, 4.69) is 33.1 Å². The zero-order valence-electron chi connectivity index (χ0n) is 10.9. The van der Waals surface area contributed by atoms with Gasteiger partial charge in [-0.05, 0) is 65.4 Å². The highest BCUT2D eigenvalue weighted by Gasteiger charge is 2.05. The average Bonchev–Trinajstić information content (AvgIpc) is 2.45. The summed E-state index contributed by atoms with van der Waals surface area (Å²) in [5.74, 6) is -0.224. The van der Waals surface area contributed by atoms with Crippen molar-refractivity contribution in [1.29, 1.82) is 0 Å². The lowest BCUT2D eigenvalue weighted by atomic mass is 10.1. The van der Waals surface area contributed by atoms with Crippen LogP contribution in [0.1, 0.15) is 22.8 Å². The number of anilines is 1. The Morgan fingerprint density at radius 1 is 1.15 bits per heavy atom. The smallest absolute Gasteiger partial charge is 0.271 e. The first-order valence-corrected chi connectivity index (χ1v) is 7.10. The van der Waals surface area contributed by atoms with Crippen molar-refractivity contribution in [3.8, 4) is 0 Å². The Morgan fingerprint density at radius 2 is 1.85 bits per heavy atom. The van der Waals surface area contributed by atoms with Crippen LogP contribution < -0.4 is 11.2 Å². The van der Waals surface area contributed by atoms with E-state index >= 15 is 0 Å². The number of hydrogen-bond donors (Lipinski definition) is 2. The molecule has 1 amide bonds. The lowest BCUT2D eigenvalue weighted by molar-refractivity contribution is 0.0955. The van der Waals surface area contributed by atoms with Crippen molar-refractivity contribution < 1.29 is 4.79 Å². The van der Waals surface area contributed by atoms with Crippen molar-refractivity contribution in [3.05, 3.63) is 63.2 Å². The first-order chi connectivity index (χ1) is 9.56. The molecule has 0 bridgehead atoms. The second-order valence-corrected chi connectivity index (χ2v) is 5.52. The summed E-state index contributed by atoms with van der Waals surface area (Å²) in [6.45, 7) is 1.83. The normalized spacial score (nSPS) is 11.2. The van der Waals surface area contributed by atoms with Gasteiger partial charge in [-0.3, -0.25) is 4.79 Å². The van der Waals surface area contributed by atoms with E-state index in [0.717, 1.165) is 14.8 Å². The number of halogens is 1. The van der Waals surface area contributed by atoms with E-state index in [9.17, 15) is 4.79 Å². The van der Waals surface area contributed by atoms with Gasteiger partial charge in [0.15, 0.2) is 0 Å². The minimum absolute atomic E-state index is 0.224. The fourth-order valence-corrected chi connectivity index (χ4v) is 2.16. The van der Waals surface area contributed by atoms with Crippen molar-refractivity contribution in [1.82, 2.24) is 5.43 Å². The molecule has 0 aliphatic heterocycles. The highest BCUT2D eigenvalue weighted by Crippen LogP contribution is 2.08. The average molecular weight is 379 g/mol. The van der Waals surface area contributed by atoms with Gasteiger partial charge in [-0.1, -0.05) is 18.2 Å². The molecule has 5 heteroatoms. The van der Waals surface area contributed by atoms with Gasteiger partial charge in [-0.2, -0.15) is 5.10 Å². The second kappa shape index (κ2) is 6.51. The van der Waals surface area contributed by atoms with E-state index in [4.69, 9.17) is 5.73 Å². The van der Waals surface area contributed by atoms with Crippen LogP contribution in [0.2, 0.25) is 0 Å². The van der Waals surface area contributed by atoms with Gasteiger partial charge in [0, 0.05) is 14.8 Å². The number of amides is 1. The molecule has 0 saturated heterocycles. The van der Waals surface area contributed by atoms with Crippen LogP contribution in [0.15, 0.2) is 53.6 Å². The maximum atomic E-state index is 11.9. The highest BCUT2D eigenvalue weighted by molar-refractivity contribution is 14.1. The van der Waals surface area contributed by atoms with Crippen molar-refractivity contribution in [3.63, 3.8) is 0 Å². The molecule has 0 aliphatic rings. The molecular formula is C15H14IN3O. The van der Waals surface area contributed by atoms with Crippen LogP contribution in [0.3, 0.4) is 0 Å². The Morgan fingerprint density at radius 3 is 2.50 bits per heavy atom. The molecule has 2 aromatic rings. The highest BCUT2D eigenvalue weighted by atomic mass is 127. The van der Waals surface area contributed by atoms with E-state index < -0.39 is 0 Å². The summed E-state index contributed by atoms with van der Waals surface area (Å²) in [6, 6.07) is 14.7. The lowest BCUT2D eigenvalue weighted by Gasteiger charge is -2.04. The Hall–Kier alpha value is -1.89. The summed E-state index contributed by atoms with van der Waals surface area (Å²) in [5.41, 5.74) is 11.1. The summed E-state index contributed by atoms with van der Waals surface area (Å²) in [4.78, 5) is 11.9. The monoisotopic (exact) mass is 379 g/mol. The van der Waals surface area contributed by atoms with Gasteiger partial charge >= 0.3 is 0 Å². The minimum Gasteiger partial charge on any atom is -0.399 e. The zero-order chi connectivity index (χ0) is 14.5. The van der Waals surface area contributed by atoms with Crippen LogP contribution in [0.25, 0.3) is 0 Å². The van der Waals surface area contributed by atoms with Gasteiger partial charge in [0.05, 0.1) is 5.71 Å². The second-order valence-electron chi connectivity index (χ2n) is 4.27. The molecule has 4 nitrogen and oxygen atoms in total. The maximum Gasteiger partial charge on any atom is 0.271 e. The van der Waals surface area contributed by atoms with Crippen LogP contribution >= 0.6 is 22.6 Å². The third-order valence-electron chi connectivity index (χ3n) is 2.74. The molecule has 0 heterocycles. The lowest BCUT2D eigenvalue weighted by Crippen LogP contribution is -2.19. The number of benzene rings is 2. The fraction of sp³-hybridized carbons (Fsp3) is 0.0667. The first kappa shape index (κ1) is 14.5. The number of hydrogen-bond acceptors (Lipinski definition) is 3. The molecule has 20 heavy (non-hydrogen) atoms. The van der Waals surface area contributed by atoms with Gasteiger partial charge in [0.2, 0.25) is 0 Å². The number of nitrogen functional groups attached to an aromatic ring is 1. The van der Waals surface area contributed by atoms with Crippen LogP contribution in [0.5, 0.6) is 0 Å². The Balaban J connectivity index is 2.08. The molecular weight excluding hydrogens is 365 g/mol. The standard InChI is InChI=1S/C15H14IN3O/c1-10(11-5-7-14(17)8-6-11)18-19-15(20)12-3-2-4-13(16)9-12/h2-9H,17H2,1H3,(H,19,20)/b18-10+. The molecule has 2 rings (SSSR count). The van der Waals surface area contributed by atoms with E-state index in [1.54, 1.807) is 18.2 Å². The molecule has 0 unspecified atom stereocenters. The molecule has 0 fully saturated rings. The molecule has 102 valence electrons. The van der Waals surface area contributed by atoms with Crippen molar-refractivity contribution >= 4 is 39.9 Å². The van der Waals surface area contributed by atoms with Gasteiger partial charge in [-0.15, -0.1) is 0 Å². The predicted molar refractivity (Wildman–Crippen MR) is 89.7 cm³/mol. The molecule has 2 aromatic carbocycles. The van der Waals surface area contributed by atoms with Crippen LogP contribution in [0.4, 0.5) is 5.69 Å². The van der Waals surface area contributed by atoms with Crippen LogP contribution in [-0.2, 0) is 0 Å². The number of rotatable bonds is 3.